The number of nitrogens with one attached hydrogen (secondary N) is 2. The van der Waals surface area contributed by atoms with Crippen LogP contribution in [-0.4, -0.2) is 25.7 Å². The number of rotatable bonds is 6. The van der Waals surface area contributed by atoms with Gasteiger partial charge in [-0.05, 0) is 42.1 Å². The number of carbonyl (C=O) groups excluding carboxylic acids is 1. The van der Waals surface area contributed by atoms with Gasteiger partial charge in [0.25, 0.3) is 11.5 Å². The minimum atomic E-state index is -0.417. The molecule has 3 aromatic heterocycles. The van der Waals surface area contributed by atoms with Crippen molar-refractivity contribution in [3.63, 3.8) is 0 Å². The molecule has 0 aliphatic heterocycles. The zero-order chi connectivity index (χ0) is 25.2. The van der Waals surface area contributed by atoms with Crippen molar-refractivity contribution in [2.24, 2.45) is 0 Å². The second-order valence-electron chi connectivity index (χ2n) is 8.00. The van der Waals surface area contributed by atoms with Crippen molar-refractivity contribution in [2.75, 3.05) is 5.32 Å². The summed E-state index contributed by atoms with van der Waals surface area (Å²) in [7, 11) is 0. The Morgan fingerprint density at radius 3 is 2.67 bits per heavy atom. The van der Waals surface area contributed by atoms with Crippen molar-refractivity contribution >= 4 is 50.6 Å². The molecule has 0 aliphatic rings. The Bertz CT molecular complexity index is 1610. The number of thiophene rings is 1. The van der Waals surface area contributed by atoms with E-state index in [0.717, 1.165) is 14.9 Å². The van der Waals surface area contributed by atoms with Crippen LogP contribution in [0.25, 0.3) is 16.5 Å². The average Bonchev–Trinajstić information content (AvgIpc) is 3.54. The maximum absolute atomic E-state index is 13.1. The lowest BCUT2D eigenvalue weighted by atomic mass is 10.1. The Morgan fingerprint density at radius 1 is 1.14 bits per heavy atom. The molecular weight excluding hydrogens is 562 g/mol. The third-order valence-electron chi connectivity index (χ3n) is 5.53. The Balaban J connectivity index is 1.55. The van der Waals surface area contributed by atoms with Gasteiger partial charge in [-0.2, -0.15) is 9.78 Å². The van der Waals surface area contributed by atoms with E-state index in [2.05, 4.69) is 36.3 Å². The van der Waals surface area contributed by atoms with Crippen LogP contribution in [0.4, 0.5) is 5.82 Å². The monoisotopic (exact) mass is 579 g/mol. The molecule has 0 radical (unpaired) electrons. The van der Waals surface area contributed by atoms with E-state index in [0.29, 0.717) is 39.8 Å². The van der Waals surface area contributed by atoms with Gasteiger partial charge >= 0.3 is 0 Å². The number of aromatic amines is 1. The van der Waals surface area contributed by atoms with Crippen molar-refractivity contribution in [2.45, 2.75) is 13.3 Å². The summed E-state index contributed by atoms with van der Waals surface area (Å²) in [6.07, 6.45) is 0.458. The zero-order valence-corrected chi connectivity index (χ0v) is 22.1. The molecular formula is C26H19BrClN5O2S. The van der Waals surface area contributed by atoms with Crippen LogP contribution < -0.4 is 10.9 Å². The molecule has 7 nitrogen and oxygen atoms in total. The Morgan fingerprint density at radius 2 is 1.94 bits per heavy atom. The molecule has 0 unspecified atom stereocenters. The van der Waals surface area contributed by atoms with Gasteiger partial charge in [-0.15, -0.1) is 11.3 Å². The number of amides is 1. The third-order valence-corrected chi connectivity index (χ3v) is 7.25. The van der Waals surface area contributed by atoms with Gasteiger partial charge in [-0.25, -0.2) is 4.98 Å². The molecule has 0 saturated carbocycles. The van der Waals surface area contributed by atoms with Gasteiger partial charge in [0.1, 0.15) is 11.5 Å². The van der Waals surface area contributed by atoms with E-state index >= 15 is 0 Å². The SMILES string of the molecule is Cc1nc(-n2nc(-c3cccs3)cc2NC(=O)c2cc(Br)ccc2Cl)[nH]c(=O)c1Cc1ccccc1. The molecule has 2 aromatic carbocycles. The largest absolute Gasteiger partial charge is 0.306 e. The maximum Gasteiger partial charge on any atom is 0.258 e. The molecule has 1 amide bonds. The third kappa shape index (κ3) is 5.04. The molecule has 180 valence electrons. The number of halogens is 2. The minimum absolute atomic E-state index is 0.202. The number of aromatic nitrogens is 4. The zero-order valence-electron chi connectivity index (χ0n) is 19.0. The molecule has 0 spiro atoms. The molecule has 36 heavy (non-hydrogen) atoms. The highest BCUT2D eigenvalue weighted by Crippen LogP contribution is 2.28. The predicted octanol–water partition coefficient (Wildman–Crippen LogP) is 6.25. The van der Waals surface area contributed by atoms with E-state index in [4.69, 9.17) is 11.6 Å². The first kappa shape index (κ1) is 24.2. The molecule has 0 saturated heterocycles. The Hall–Kier alpha value is -3.53. The molecule has 0 aliphatic carbocycles. The minimum Gasteiger partial charge on any atom is -0.306 e. The first-order valence-corrected chi connectivity index (χ1v) is 13.0. The van der Waals surface area contributed by atoms with Crippen LogP contribution in [0.15, 0.2) is 81.4 Å². The fourth-order valence-electron chi connectivity index (χ4n) is 3.74. The number of carbonyl (C=O) groups is 1. The molecule has 0 atom stereocenters. The summed E-state index contributed by atoms with van der Waals surface area (Å²) >= 11 is 11.2. The quantitative estimate of drug-likeness (QED) is 0.248. The summed E-state index contributed by atoms with van der Waals surface area (Å²) in [6.45, 7) is 1.79. The van der Waals surface area contributed by atoms with Crippen LogP contribution >= 0.6 is 38.9 Å². The second-order valence-corrected chi connectivity index (χ2v) is 10.3. The van der Waals surface area contributed by atoms with E-state index in [1.165, 1.54) is 16.0 Å². The van der Waals surface area contributed by atoms with Crippen LogP contribution in [0.1, 0.15) is 27.2 Å². The van der Waals surface area contributed by atoms with Crippen LogP contribution in [0.2, 0.25) is 5.02 Å². The molecule has 5 rings (SSSR count). The molecule has 3 heterocycles. The number of nitrogens with zero attached hydrogens (tertiary/aromatic N) is 3. The van der Waals surface area contributed by atoms with Gasteiger partial charge < -0.3 is 5.32 Å². The maximum atomic E-state index is 13.1. The standard InChI is InChI=1S/C26H19BrClN5O2S/c1-15-18(12-16-6-3-2-4-7-16)24(34)31-26(29-15)33-23(14-21(32-33)22-8-5-11-36-22)30-25(35)19-13-17(27)9-10-20(19)28/h2-11,13-14H,12H2,1H3,(H,30,35)(H,29,31,34). The summed E-state index contributed by atoms with van der Waals surface area (Å²) in [6, 6.07) is 20.4. The molecule has 10 heteroatoms. The highest BCUT2D eigenvalue weighted by atomic mass is 79.9. The van der Waals surface area contributed by atoms with E-state index in [1.54, 1.807) is 31.2 Å². The lowest BCUT2D eigenvalue weighted by Crippen LogP contribution is -2.22. The summed E-state index contributed by atoms with van der Waals surface area (Å²) in [4.78, 5) is 34.6. The van der Waals surface area contributed by atoms with E-state index in [9.17, 15) is 9.59 Å². The van der Waals surface area contributed by atoms with Gasteiger partial charge in [-0.3, -0.25) is 14.6 Å². The van der Waals surface area contributed by atoms with Crippen molar-refractivity contribution in [1.82, 2.24) is 19.7 Å². The fraction of sp³-hybridized carbons (Fsp3) is 0.0769. The average molecular weight is 581 g/mol. The van der Waals surface area contributed by atoms with Crippen molar-refractivity contribution in [3.05, 3.63) is 114 Å². The summed E-state index contributed by atoms with van der Waals surface area (Å²) in [5.74, 6) is 0.130. The fourth-order valence-corrected chi connectivity index (χ4v) is 4.98. The summed E-state index contributed by atoms with van der Waals surface area (Å²) in [5, 5.41) is 9.76. The first-order valence-electron chi connectivity index (χ1n) is 10.9. The van der Waals surface area contributed by atoms with Crippen LogP contribution in [0.3, 0.4) is 0 Å². The Kier molecular flexibility index (Phi) is 6.86. The van der Waals surface area contributed by atoms with Crippen molar-refractivity contribution in [3.8, 4) is 16.5 Å². The molecule has 5 aromatic rings. The summed E-state index contributed by atoms with van der Waals surface area (Å²) < 4.78 is 2.15. The predicted molar refractivity (Wildman–Crippen MR) is 146 cm³/mol. The normalized spacial score (nSPS) is 11.0. The second kappa shape index (κ2) is 10.2. The van der Waals surface area contributed by atoms with E-state index in [1.807, 2.05) is 47.8 Å². The smallest absolute Gasteiger partial charge is 0.258 e. The van der Waals surface area contributed by atoms with Crippen LogP contribution in [0, 0.1) is 6.92 Å². The number of hydrogen-bond acceptors (Lipinski definition) is 5. The Labute approximate surface area is 223 Å². The van der Waals surface area contributed by atoms with Crippen LogP contribution in [-0.2, 0) is 6.42 Å². The van der Waals surface area contributed by atoms with E-state index in [-0.39, 0.29) is 11.5 Å². The molecule has 0 bridgehead atoms. The number of anilines is 1. The molecule has 0 fully saturated rings. The highest BCUT2D eigenvalue weighted by molar-refractivity contribution is 9.10. The van der Waals surface area contributed by atoms with Gasteiger partial charge in [0.15, 0.2) is 0 Å². The first-order chi connectivity index (χ1) is 17.4. The van der Waals surface area contributed by atoms with Gasteiger partial charge in [0.2, 0.25) is 5.95 Å². The number of hydrogen-bond donors (Lipinski definition) is 2. The van der Waals surface area contributed by atoms with Crippen LogP contribution in [0.5, 0.6) is 0 Å². The highest BCUT2D eigenvalue weighted by Gasteiger charge is 2.19. The topological polar surface area (TPSA) is 92.7 Å². The van der Waals surface area contributed by atoms with Crippen molar-refractivity contribution in [1.29, 1.82) is 0 Å². The summed E-state index contributed by atoms with van der Waals surface area (Å²) in [5.41, 5.74) is 2.84. The number of aryl methyl sites for hydroxylation is 1. The number of benzene rings is 2. The van der Waals surface area contributed by atoms with Gasteiger partial charge in [0.05, 0.1) is 21.2 Å². The number of H-pyrrole nitrogens is 1. The lowest BCUT2D eigenvalue weighted by Gasteiger charge is -2.11. The van der Waals surface area contributed by atoms with Gasteiger partial charge in [0, 0.05) is 22.5 Å². The molecule has 2 N–H and O–H groups in total. The van der Waals surface area contributed by atoms with E-state index < -0.39 is 5.91 Å². The van der Waals surface area contributed by atoms with Gasteiger partial charge in [-0.1, -0.05) is 63.9 Å². The lowest BCUT2D eigenvalue weighted by molar-refractivity contribution is 0.102. The van der Waals surface area contributed by atoms with Crippen molar-refractivity contribution < 1.29 is 4.79 Å².